The third kappa shape index (κ3) is 7.22. The molecule has 0 aliphatic heterocycles. The smallest absolute Gasteiger partial charge is 0.416 e. The number of hydrogen-bond acceptors (Lipinski definition) is 4. The van der Waals surface area contributed by atoms with Gasteiger partial charge in [0.25, 0.3) is 5.91 Å². The topological polar surface area (TPSA) is 58.4 Å². The highest BCUT2D eigenvalue weighted by molar-refractivity contribution is 6.35. The summed E-state index contributed by atoms with van der Waals surface area (Å²) in [6, 6.07) is 10.1. The standard InChI is InChI=1S/C24H24Cl2F3N3O2/c1-3-15(2)30-23(33)21-14-34-22(31-21)13-32(12-17-7-8-19(25)10-20(17)26)11-16-5-4-6-18(9-16)24(27,28)29/h4-10,14-15H,3,11-13H2,1-2H3,(H,30,33)/t15-/m0/s1. The second kappa shape index (κ2) is 11.3. The Kier molecular flexibility index (Phi) is 8.62. The molecule has 0 saturated carbocycles. The van der Waals surface area contributed by atoms with E-state index in [1.807, 2.05) is 18.7 Å². The van der Waals surface area contributed by atoms with Gasteiger partial charge in [-0.25, -0.2) is 4.98 Å². The molecule has 0 fully saturated rings. The number of hydrogen-bond donors (Lipinski definition) is 1. The van der Waals surface area contributed by atoms with E-state index in [0.29, 0.717) is 22.2 Å². The Bertz CT molecular complexity index is 1130. The number of halogens is 5. The number of aromatic nitrogens is 1. The third-order valence-corrected chi connectivity index (χ3v) is 5.79. The van der Waals surface area contributed by atoms with Crippen molar-refractivity contribution < 1.29 is 22.4 Å². The van der Waals surface area contributed by atoms with E-state index >= 15 is 0 Å². The lowest BCUT2D eigenvalue weighted by Gasteiger charge is -2.22. The van der Waals surface area contributed by atoms with Gasteiger partial charge < -0.3 is 9.73 Å². The van der Waals surface area contributed by atoms with Crippen LogP contribution in [0.4, 0.5) is 13.2 Å². The van der Waals surface area contributed by atoms with E-state index in [1.165, 1.54) is 12.3 Å². The van der Waals surface area contributed by atoms with Crippen LogP contribution in [0.15, 0.2) is 53.1 Å². The van der Waals surface area contributed by atoms with Crippen LogP contribution >= 0.6 is 23.2 Å². The molecule has 0 unspecified atom stereocenters. The van der Waals surface area contributed by atoms with Crippen LogP contribution in [0.5, 0.6) is 0 Å². The first-order valence-corrected chi connectivity index (χ1v) is 11.4. The zero-order chi connectivity index (χ0) is 24.9. The summed E-state index contributed by atoms with van der Waals surface area (Å²) < 4.78 is 45.0. The van der Waals surface area contributed by atoms with Crippen molar-refractivity contribution in [3.8, 4) is 0 Å². The van der Waals surface area contributed by atoms with E-state index in [2.05, 4.69) is 10.3 Å². The third-order valence-electron chi connectivity index (χ3n) is 5.20. The van der Waals surface area contributed by atoms with E-state index < -0.39 is 11.7 Å². The molecule has 1 heterocycles. The first-order chi connectivity index (χ1) is 16.0. The van der Waals surface area contributed by atoms with Crippen molar-refractivity contribution in [3.63, 3.8) is 0 Å². The van der Waals surface area contributed by atoms with Gasteiger partial charge in [-0.2, -0.15) is 13.2 Å². The van der Waals surface area contributed by atoms with Crippen molar-refractivity contribution in [1.29, 1.82) is 0 Å². The van der Waals surface area contributed by atoms with Crippen LogP contribution in [-0.4, -0.2) is 21.8 Å². The zero-order valence-electron chi connectivity index (χ0n) is 18.6. The largest absolute Gasteiger partial charge is 0.447 e. The summed E-state index contributed by atoms with van der Waals surface area (Å²) in [6.45, 7) is 4.44. The normalized spacial score (nSPS) is 12.7. The summed E-state index contributed by atoms with van der Waals surface area (Å²) in [4.78, 5) is 18.4. The summed E-state index contributed by atoms with van der Waals surface area (Å²) >= 11 is 12.3. The van der Waals surface area contributed by atoms with E-state index in [1.54, 1.807) is 24.3 Å². The van der Waals surface area contributed by atoms with E-state index in [-0.39, 0.29) is 36.6 Å². The molecule has 3 rings (SSSR count). The minimum Gasteiger partial charge on any atom is -0.447 e. The van der Waals surface area contributed by atoms with Gasteiger partial charge in [-0.05, 0) is 42.7 Å². The minimum atomic E-state index is -4.44. The van der Waals surface area contributed by atoms with E-state index in [9.17, 15) is 18.0 Å². The minimum absolute atomic E-state index is 0.0166. The van der Waals surface area contributed by atoms with Crippen LogP contribution in [0.3, 0.4) is 0 Å². The molecule has 1 N–H and O–H groups in total. The number of benzene rings is 2. The quantitative estimate of drug-likeness (QED) is 0.344. The van der Waals surface area contributed by atoms with Crippen LogP contribution in [0.2, 0.25) is 10.0 Å². The van der Waals surface area contributed by atoms with Crippen molar-refractivity contribution in [2.24, 2.45) is 0 Å². The molecule has 1 aromatic heterocycles. The number of amides is 1. The number of carbonyl (C=O) groups is 1. The number of alkyl halides is 3. The molecule has 0 spiro atoms. The second-order valence-corrected chi connectivity index (χ2v) is 8.83. The summed E-state index contributed by atoms with van der Waals surface area (Å²) in [7, 11) is 0. The van der Waals surface area contributed by atoms with Crippen LogP contribution in [0.1, 0.15) is 53.3 Å². The molecular weight excluding hydrogens is 490 g/mol. The van der Waals surface area contributed by atoms with Crippen molar-refractivity contribution in [3.05, 3.63) is 87.0 Å². The Hall–Kier alpha value is -2.55. The predicted octanol–water partition coefficient (Wildman–Crippen LogP) is 6.73. The summed E-state index contributed by atoms with van der Waals surface area (Å²) in [5.74, 6) is -0.0964. The highest BCUT2D eigenvalue weighted by atomic mass is 35.5. The molecule has 0 radical (unpaired) electrons. The molecular formula is C24H24Cl2F3N3O2. The molecule has 2 aromatic carbocycles. The van der Waals surface area contributed by atoms with Crippen LogP contribution in [0.25, 0.3) is 0 Å². The van der Waals surface area contributed by atoms with Crippen molar-refractivity contribution in [1.82, 2.24) is 15.2 Å². The molecule has 0 saturated heterocycles. The maximum Gasteiger partial charge on any atom is 0.416 e. The number of nitrogens with one attached hydrogen (secondary N) is 1. The van der Waals surface area contributed by atoms with Gasteiger partial charge in [0.15, 0.2) is 5.69 Å². The first-order valence-electron chi connectivity index (χ1n) is 10.6. The van der Waals surface area contributed by atoms with Crippen LogP contribution < -0.4 is 5.32 Å². The first kappa shape index (κ1) is 26.1. The van der Waals surface area contributed by atoms with Gasteiger partial charge in [0.2, 0.25) is 5.89 Å². The molecule has 1 atom stereocenters. The fourth-order valence-electron chi connectivity index (χ4n) is 3.24. The Morgan fingerprint density at radius 3 is 2.59 bits per heavy atom. The average Bonchev–Trinajstić information content (AvgIpc) is 3.24. The van der Waals surface area contributed by atoms with E-state index in [4.69, 9.17) is 27.6 Å². The van der Waals surface area contributed by atoms with Gasteiger partial charge in [-0.1, -0.05) is 54.4 Å². The molecule has 10 heteroatoms. The summed E-state index contributed by atoms with van der Waals surface area (Å²) in [5.41, 5.74) is 0.606. The van der Waals surface area contributed by atoms with Gasteiger partial charge >= 0.3 is 6.18 Å². The Morgan fingerprint density at radius 1 is 1.15 bits per heavy atom. The van der Waals surface area contributed by atoms with Gasteiger partial charge in [-0.15, -0.1) is 0 Å². The van der Waals surface area contributed by atoms with E-state index in [0.717, 1.165) is 24.1 Å². The van der Waals surface area contributed by atoms with Gasteiger partial charge in [-0.3, -0.25) is 9.69 Å². The van der Waals surface area contributed by atoms with Crippen LogP contribution in [0, 0.1) is 0 Å². The zero-order valence-corrected chi connectivity index (χ0v) is 20.1. The SMILES string of the molecule is CC[C@H](C)NC(=O)c1coc(CN(Cc2cccc(C(F)(F)F)c2)Cc2ccc(Cl)cc2Cl)n1. The summed E-state index contributed by atoms with van der Waals surface area (Å²) in [5, 5.41) is 3.72. The number of nitrogens with zero attached hydrogens (tertiary/aromatic N) is 2. The Labute approximate surface area is 205 Å². The Morgan fingerprint density at radius 2 is 1.91 bits per heavy atom. The highest BCUT2D eigenvalue weighted by Gasteiger charge is 2.30. The van der Waals surface area contributed by atoms with Crippen molar-refractivity contribution in [2.75, 3.05) is 0 Å². The Balaban J connectivity index is 1.83. The highest BCUT2D eigenvalue weighted by Crippen LogP contribution is 2.30. The second-order valence-electron chi connectivity index (χ2n) is 7.99. The lowest BCUT2D eigenvalue weighted by atomic mass is 10.1. The van der Waals surface area contributed by atoms with Crippen molar-refractivity contribution in [2.45, 2.75) is 52.1 Å². The maximum atomic E-state index is 13.2. The molecule has 5 nitrogen and oxygen atoms in total. The molecule has 0 aliphatic carbocycles. The lowest BCUT2D eigenvalue weighted by molar-refractivity contribution is -0.137. The maximum absolute atomic E-state index is 13.2. The fourth-order valence-corrected chi connectivity index (χ4v) is 3.71. The van der Waals surface area contributed by atoms with Gasteiger partial charge in [0, 0.05) is 29.2 Å². The molecule has 182 valence electrons. The predicted molar refractivity (Wildman–Crippen MR) is 125 cm³/mol. The lowest BCUT2D eigenvalue weighted by Crippen LogP contribution is -2.32. The van der Waals surface area contributed by atoms with Crippen molar-refractivity contribution >= 4 is 29.1 Å². The number of oxazole rings is 1. The van der Waals surface area contributed by atoms with Gasteiger partial charge in [0.1, 0.15) is 6.26 Å². The molecule has 0 aliphatic rings. The van der Waals surface area contributed by atoms with Crippen LogP contribution in [-0.2, 0) is 25.8 Å². The molecule has 3 aromatic rings. The average molecular weight is 514 g/mol. The van der Waals surface area contributed by atoms with Gasteiger partial charge in [0.05, 0.1) is 12.1 Å². The molecule has 0 bridgehead atoms. The summed E-state index contributed by atoms with van der Waals surface area (Å²) in [6.07, 6.45) is -2.41. The number of rotatable bonds is 9. The number of carbonyl (C=O) groups excluding carboxylic acids is 1. The monoisotopic (exact) mass is 513 g/mol. The molecule has 34 heavy (non-hydrogen) atoms. The fraction of sp³-hybridized carbons (Fsp3) is 0.333. The molecule has 1 amide bonds.